The Balaban J connectivity index is 2.15. The van der Waals surface area contributed by atoms with E-state index in [-0.39, 0.29) is 19.1 Å². The number of aromatic nitrogens is 1. The molecule has 0 fully saturated rings. The number of rotatable bonds is 7. The van der Waals surface area contributed by atoms with Gasteiger partial charge >= 0.3 is 0 Å². The van der Waals surface area contributed by atoms with Gasteiger partial charge in [0.25, 0.3) is 5.91 Å². The molecular formula is C17H24N2O3S. The molecule has 0 saturated carbocycles. The lowest BCUT2D eigenvalue weighted by molar-refractivity contribution is 0.0380. The number of aliphatic hydroxyl groups excluding tert-OH is 1. The Kier molecular flexibility index (Phi) is 5.98. The molecule has 1 atom stereocenters. The summed E-state index contributed by atoms with van der Waals surface area (Å²) in [6.07, 6.45) is -0.677. The fourth-order valence-corrected chi connectivity index (χ4v) is 3.36. The minimum atomic E-state index is -0.677. The normalized spacial score (nSPS) is 12.4. The molecule has 2 aromatic rings. The largest absolute Gasteiger partial charge is 0.389 e. The van der Waals surface area contributed by atoms with Crippen LogP contribution in [0.5, 0.6) is 0 Å². The predicted octanol–water partition coefficient (Wildman–Crippen LogP) is 2.29. The number of ether oxygens (including phenoxy) is 1. The summed E-state index contributed by atoms with van der Waals surface area (Å²) in [5.41, 5.74) is 2.70. The molecule has 0 aromatic carbocycles. The van der Waals surface area contributed by atoms with Crippen LogP contribution in [0.25, 0.3) is 0 Å². The zero-order valence-corrected chi connectivity index (χ0v) is 14.9. The van der Waals surface area contributed by atoms with Gasteiger partial charge in [-0.25, -0.2) is 0 Å². The number of hydrogen-bond acceptors (Lipinski definition) is 4. The number of methoxy groups -OCH3 is 1. The van der Waals surface area contributed by atoms with E-state index < -0.39 is 6.10 Å². The third-order valence-electron chi connectivity index (χ3n) is 3.89. The van der Waals surface area contributed by atoms with E-state index in [1.807, 2.05) is 26.0 Å². The number of hydrogen-bond donors (Lipinski definition) is 1. The van der Waals surface area contributed by atoms with Crippen LogP contribution < -0.4 is 0 Å². The summed E-state index contributed by atoms with van der Waals surface area (Å²) in [5.74, 6) is -0.0781. The van der Waals surface area contributed by atoms with Crippen molar-refractivity contribution in [3.05, 3.63) is 45.4 Å². The van der Waals surface area contributed by atoms with Crippen molar-refractivity contribution in [3.8, 4) is 0 Å². The molecule has 2 aromatic heterocycles. The standard InChI is InChI=1S/C17H24N2O3S/c1-12-8-16(17(21)18(3)9-14(20)11-22-4)13(2)19(12)10-15-6-5-7-23-15/h5-8,14,20H,9-11H2,1-4H3. The molecule has 0 aliphatic carbocycles. The van der Waals surface area contributed by atoms with Crippen LogP contribution in [0.2, 0.25) is 0 Å². The third-order valence-corrected chi connectivity index (χ3v) is 4.75. The maximum atomic E-state index is 12.6. The molecular weight excluding hydrogens is 312 g/mol. The van der Waals surface area contributed by atoms with Crippen LogP contribution in [-0.4, -0.2) is 53.9 Å². The first-order valence-corrected chi connectivity index (χ1v) is 8.43. The fourth-order valence-electron chi connectivity index (χ4n) is 2.67. The van der Waals surface area contributed by atoms with E-state index in [4.69, 9.17) is 4.74 Å². The monoisotopic (exact) mass is 336 g/mol. The zero-order chi connectivity index (χ0) is 17.0. The van der Waals surface area contributed by atoms with Crippen LogP contribution in [-0.2, 0) is 11.3 Å². The lowest BCUT2D eigenvalue weighted by atomic mass is 10.2. The summed E-state index contributed by atoms with van der Waals surface area (Å²) in [6, 6.07) is 6.05. The van der Waals surface area contributed by atoms with Gasteiger partial charge in [0.2, 0.25) is 0 Å². The van der Waals surface area contributed by atoms with Crippen molar-refractivity contribution in [2.45, 2.75) is 26.5 Å². The van der Waals surface area contributed by atoms with Crippen molar-refractivity contribution < 1.29 is 14.6 Å². The number of carbonyl (C=O) groups is 1. The highest BCUT2D eigenvalue weighted by Crippen LogP contribution is 2.20. The fraction of sp³-hybridized carbons (Fsp3) is 0.471. The van der Waals surface area contributed by atoms with Gasteiger partial charge in [0.05, 0.1) is 24.8 Å². The van der Waals surface area contributed by atoms with Crippen molar-refractivity contribution in [2.75, 3.05) is 27.3 Å². The van der Waals surface area contributed by atoms with Gasteiger partial charge in [-0.2, -0.15) is 0 Å². The van der Waals surface area contributed by atoms with E-state index in [2.05, 4.69) is 16.0 Å². The van der Waals surface area contributed by atoms with Crippen LogP contribution in [0.4, 0.5) is 0 Å². The van der Waals surface area contributed by atoms with Crippen LogP contribution in [0.3, 0.4) is 0 Å². The molecule has 2 rings (SSSR count). The predicted molar refractivity (Wildman–Crippen MR) is 92.2 cm³/mol. The highest BCUT2D eigenvalue weighted by Gasteiger charge is 2.21. The molecule has 0 radical (unpaired) electrons. The minimum absolute atomic E-state index is 0.0781. The minimum Gasteiger partial charge on any atom is -0.389 e. The molecule has 1 amide bonds. The van der Waals surface area contributed by atoms with Gasteiger partial charge in [0.15, 0.2) is 0 Å². The quantitative estimate of drug-likeness (QED) is 0.844. The molecule has 0 bridgehead atoms. The highest BCUT2D eigenvalue weighted by atomic mass is 32.1. The average molecular weight is 336 g/mol. The van der Waals surface area contributed by atoms with Crippen LogP contribution in [0.1, 0.15) is 26.6 Å². The van der Waals surface area contributed by atoms with Crippen molar-refractivity contribution in [1.29, 1.82) is 0 Å². The van der Waals surface area contributed by atoms with E-state index in [1.165, 1.54) is 12.0 Å². The van der Waals surface area contributed by atoms with Gasteiger partial charge in [-0.1, -0.05) is 6.07 Å². The maximum absolute atomic E-state index is 12.6. The second-order valence-corrected chi connectivity index (χ2v) is 6.78. The molecule has 23 heavy (non-hydrogen) atoms. The summed E-state index contributed by atoms with van der Waals surface area (Å²) in [5, 5.41) is 11.8. The topological polar surface area (TPSA) is 54.7 Å². The lowest BCUT2D eigenvalue weighted by Gasteiger charge is -2.20. The summed E-state index contributed by atoms with van der Waals surface area (Å²) in [7, 11) is 3.23. The molecule has 6 heteroatoms. The Morgan fingerprint density at radius 3 is 2.83 bits per heavy atom. The molecule has 2 heterocycles. The van der Waals surface area contributed by atoms with Gasteiger partial charge in [0.1, 0.15) is 0 Å². The average Bonchev–Trinajstić information content (AvgIpc) is 3.10. The summed E-state index contributed by atoms with van der Waals surface area (Å²) in [4.78, 5) is 15.4. The smallest absolute Gasteiger partial charge is 0.255 e. The Hall–Kier alpha value is -1.63. The Morgan fingerprint density at radius 1 is 1.48 bits per heavy atom. The van der Waals surface area contributed by atoms with Crippen LogP contribution in [0, 0.1) is 13.8 Å². The SMILES string of the molecule is COCC(O)CN(C)C(=O)c1cc(C)n(Cc2cccs2)c1C. The van der Waals surface area contributed by atoms with Gasteiger partial charge in [-0.15, -0.1) is 11.3 Å². The van der Waals surface area contributed by atoms with Crippen LogP contribution >= 0.6 is 11.3 Å². The van der Waals surface area contributed by atoms with Crippen molar-refractivity contribution >= 4 is 17.2 Å². The first-order valence-electron chi connectivity index (χ1n) is 7.55. The van der Waals surface area contributed by atoms with Gasteiger partial charge in [0, 0.05) is 37.0 Å². The molecule has 126 valence electrons. The number of amides is 1. The molecule has 0 spiro atoms. The van der Waals surface area contributed by atoms with E-state index in [0.717, 1.165) is 17.9 Å². The number of thiophene rings is 1. The van der Waals surface area contributed by atoms with E-state index >= 15 is 0 Å². The van der Waals surface area contributed by atoms with Crippen molar-refractivity contribution in [1.82, 2.24) is 9.47 Å². The first kappa shape index (κ1) is 17.7. The van der Waals surface area contributed by atoms with Crippen molar-refractivity contribution in [3.63, 3.8) is 0 Å². The second-order valence-electron chi connectivity index (χ2n) is 5.75. The van der Waals surface area contributed by atoms with Gasteiger partial charge < -0.3 is 19.3 Å². The maximum Gasteiger partial charge on any atom is 0.255 e. The molecule has 1 N–H and O–H groups in total. The number of carbonyl (C=O) groups excluding carboxylic acids is 1. The van der Waals surface area contributed by atoms with Crippen molar-refractivity contribution in [2.24, 2.45) is 0 Å². The summed E-state index contributed by atoms with van der Waals surface area (Å²) in [6.45, 7) is 5.22. The number of likely N-dealkylation sites (N-methyl/N-ethyl adjacent to an activating group) is 1. The van der Waals surface area contributed by atoms with E-state index in [1.54, 1.807) is 23.3 Å². The van der Waals surface area contributed by atoms with Gasteiger partial charge in [-0.3, -0.25) is 4.79 Å². The van der Waals surface area contributed by atoms with E-state index in [9.17, 15) is 9.90 Å². The summed E-state index contributed by atoms with van der Waals surface area (Å²) < 4.78 is 7.06. The molecule has 0 saturated heterocycles. The second kappa shape index (κ2) is 7.77. The third kappa shape index (κ3) is 4.22. The number of aliphatic hydroxyl groups is 1. The Labute approximate surface area is 141 Å². The number of nitrogens with zero attached hydrogens (tertiary/aromatic N) is 2. The first-order chi connectivity index (χ1) is 10.9. The highest BCUT2D eigenvalue weighted by molar-refractivity contribution is 7.09. The van der Waals surface area contributed by atoms with E-state index in [0.29, 0.717) is 5.56 Å². The molecule has 0 aliphatic rings. The molecule has 0 aliphatic heterocycles. The lowest BCUT2D eigenvalue weighted by Crippen LogP contribution is -2.36. The number of aryl methyl sites for hydroxylation is 1. The Bertz CT molecular complexity index is 649. The Morgan fingerprint density at radius 2 is 2.22 bits per heavy atom. The molecule has 5 nitrogen and oxygen atoms in total. The zero-order valence-electron chi connectivity index (χ0n) is 14.1. The molecule has 1 unspecified atom stereocenters. The van der Waals surface area contributed by atoms with Crippen LogP contribution in [0.15, 0.2) is 23.6 Å². The van der Waals surface area contributed by atoms with Gasteiger partial charge in [-0.05, 0) is 31.4 Å². The summed E-state index contributed by atoms with van der Waals surface area (Å²) >= 11 is 1.71.